The number of likely N-dealkylation sites (N-methyl/N-ethyl adjacent to an activating group) is 1. The molecular formula is C13H19BrN2O2S. The molecule has 1 fully saturated rings. The molecule has 1 atom stereocenters. The molecule has 0 unspecified atom stereocenters. The number of likely N-dealkylation sites (tertiary alicyclic amines) is 1. The molecule has 1 aliphatic heterocycles. The van der Waals surface area contributed by atoms with Crippen LogP contribution < -0.4 is 0 Å². The van der Waals surface area contributed by atoms with Gasteiger partial charge in [0.2, 0.25) is 5.91 Å². The first kappa shape index (κ1) is 15.0. The van der Waals surface area contributed by atoms with Crippen molar-refractivity contribution in [1.29, 1.82) is 0 Å². The van der Waals surface area contributed by atoms with Crippen LogP contribution in [0.5, 0.6) is 0 Å². The average Bonchev–Trinajstić information content (AvgIpc) is 2.95. The molecule has 2 heterocycles. The zero-order valence-electron chi connectivity index (χ0n) is 11.0. The highest BCUT2D eigenvalue weighted by atomic mass is 79.9. The number of thiophene rings is 1. The number of hydrogen-bond acceptors (Lipinski definition) is 4. The second-order valence-electron chi connectivity index (χ2n) is 4.79. The molecule has 0 aromatic carbocycles. The number of carbonyl (C=O) groups is 1. The third-order valence-electron chi connectivity index (χ3n) is 3.32. The van der Waals surface area contributed by atoms with Gasteiger partial charge in [0.25, 0.3) is 0 Å². The molecule has 0 aliphatic carbocycles. The molecule has 1 N–H and O–H groups in total. The normalized spacial score (nSPS) is 19.8. The number of hydrogen-bond donors (Lipinski definition) is 1. The maximum Gasteiger partial charge on any atom is 0.237 e. The van der Waals surface area contributed by atoms with E-state index in [1.807, 2.05) is 28.9 Å². The summed E-state index contributed by atoms with van der Waals surface area (Å²) >= 11 is 5.10. The van der Waals surface area contributed by atoms with Crippen molar-refractivity contribution < 1.29 is 9.90 Å². The smallest absolute Gasteiger partial charge is 0.237 e. The Morgan fingerprint density at radius 1 is 1.63 bits per heavy atom. The highest BCUT2D eigenvalue weighted by molar-refractivity contribution is 9.11. The van der Waals surface area contributed by atoms with Crippen molar-refractivity contribution in [3.05, 3.63) is 20.8 Å². The summed E-state index contributed by atoms with van der Waals surface area (Å²) in [5.41, 5.74) is 0. The van der Waals surface area contributed by atoms with E-state index in [-0.39, 0.29) is 12.0 Å². The summed E-state index contributed by atoms with van der Waals surface area (Å²) in [6.07, 6.45) is 0.508. The highest BCUT2D eigenvalue weighted by Gasteiger charge is 2.24. The molecular weight excluding hydrogens is 328 g/mol. The van der Waals surface area contributed by atoms with Crippen LogP contribution >= 0.6 is 27.3 Å². The van der Waals surface area contributed by atoms with Crippen molar-refractivity contribution in [3.63, 3.8) is 0 Å². The van der Waals surface area contributed by atoms with E-state index in [4.69, 9.17) is 0 Å². The maximum atomic E-state index is 12.2. The molecule has 0 saturated carbocycles. The number of aliphatic hydroxyl groups is 1. The van der Waals surface area contributed by atoms with Gasteiger partial charge in [-0.25, -0.2) is 0 Å². The lowest BCUT2D eigenvalue weighted by molar-refractivity contribution is -0.132. The minimum Gasteiger partial charge on any atom is -0.392 e. The number of rotatable bonds is 5. The van der Waals surface area contributed by atoms with Crippen LogP contribution in [-0.2, 0) is 11.3 Å². The Kier molecular flexibility index (Phi) is 5.38. The summed E-state index contributed by atoms with van der Waals surface area (Å²) in [5, 5.41) is 9.48. The molecule has 1 aliphatic rings. The number of amides is 1. The van der Waals surface area contributed by atoms with Gasteiger partial charge < -0.3 is 10.0 Å². The predicted octanol–water partition coefficient (Wildman–Crippen LogP) is 1.93. The van der Waals surface area contributed by atoms with Crippen molar-refractivity contribution in [3.8, 4) is 0 Å². The topological polar surface area (TPSA) is 43.8 Å². The lowest BCUT2D eigenvalue weighted by atomic mass is 10.3. The predicted molar refractivity (Wildman–Crippen MR) is 80.2 cm³/mol. The van der Waals surface area contributed by atoms with Gasteiger partial charge in [0.15, 0.2) is 0 Å². The lowest BCUT2D eigenvalue weighted by Crippen LogP contribution is -2.39. The molecule has 1 saturated heterocycles. The number of β-amino-alcohol motifs (C(OH)–C–C–N with tert-alkyl or cyclic N) is 1. The second-order valence-corrected chi connectivity index (χ2v) is 7.34. The first-order chi connectivity index (χ1) is 9.08. The molecule has 106 valence electrons. The molecule has 0 bridgehead atoms. The zero-order valence-corrected chi connectivity index (χ0v) is 13.4. The van der Waals surface area contributed by atoms with Crippen LogP contribution in [0.1, 0.15) is 18.2 Å². The Balaban J connectivity index is 1.88. The first-order valence-electron chi connectivity index (χ1n) is 6.51. The minimum absolute atomic E-state index is 0.140. The van der Waals surface area contributed by atoms with E-state index in [9.17, 15) is 9.90 Å². The lowest BCUT2D eigenvalue weighted by Gasteiger charge is -2.23. The van der Waals surface area contributed by atoms with Crippen molar-refractivity contribution in [1.82, 2.24) is 9.80 Å². The molecule has 1 amide bonds. The summed E-state index contributed by atoms with van der Waals surface area (Å²) in [5.74, 6) is 0.140. The standard InChI is InChI=1S/C13H19BrN2O2S/c1-2-16(8-11-3-4-12(14)19-11)13(18)9-15-6-5-10(17)7-15/h3-4,10,17H,2,5-9H2,1H3/t10-/m1/s1. The molecule has 19 heavy (non-hydrogen) atoms. The van der Waals surface area contributed by atoms with Crippen molar-refractivity contribution >= 4 is 33.2 Å². The van der Waals surface area contributed by atoms with Crippen molar-refractivity contribution in [2.45, 2.75) is 26.0 Å². The third kappa shape index (κ3) is 4.27. The van der Waals surface area contributed by atoms with Crippen molar-refractivity contribution in [2.24, 2.45) is 0 Å². The fraction of sp³-hybridized carbons (Fsp3) is 0.615. The minimum atomic E-state index is -0.267. The Bertz CT molecular complexity index is 438. The molecule has 4 nitrogen and oxygen atoms in total. The van der Waals surface area contributed by atoms with Gasteiger partial charge >= 0.3 is 0 Å². The number of halogens is 1. The third-order valence-corrected chi connectivity index (χ3v) is 4.92. The Labute approximate surface area is 126 Å². The summed E-state index contributed by atoms with van der Waals surface area (Å²) in [6.45, 7) is 5.23. The van der Waals surface area contributed by atoms with Gasteiger partial charge in [-0.3, -0.25) is 9.69 Å². The van der Waals surface area contributed by atoms with Crippen LogP contribution in [-0.4, -0.2) is 53.1 Å². The number of aliphatic hydroxyl groups excluding tert-OH is 1. The Hall–Kier alpha value is -0.430. The van der Waals surface area contributed by atoms with Crippen molar-refractivity contribution in [2.75, 3.05) is 26.2 Å². The summed E-state index contributed by atoms with van der Waals surface area (Å²) in [6, 6.07) is 4.06. The van der Waals surface area contributed by atoms with Gasteiger partial charge in [0, 0.05) is 24.5 Å². The number of nitrogens with zero attached hydrogens (tertiary/aromatic N) is 2. The Morgan fingerprint density at radius 3 is 2.95 bits per heavy atom. The van der Waals surface area contributed by atoms with Gasteiger partial charge in [0.1, 0.15) is 0 Å². The highest BCUT2D eigenvalue weighted by Crippen LogP contribution is 2.23. The molecule has 6 heteroatoms. The van der Waals surface area contributed by atoms with Crippen LogP contribution in [0.3, 0.4) is 0 Å². The molecule has 1 aromatic heterocycles. The van der Waals surface area contributed by atoms with E-state index < -0.39 is 0 Å². The monoisotopic (exact) mass is 346 g/mol. The van der Waals surface area contributed by atoms with E-state index in [1.165, 1.54) is 4.88 Å². The van der Waals surface area contributed by atoms with Crippen LogP contribution in [0.25, 0.3) is 0 Å². The van der Waals surface area contributed by atoms with Gasteiger partial charge in [-0.1, -0.05) is 0 Å². The van der Waals surface area contributed by atoms with E-state index >= 15 is 0 Å². The van der Waals surface area contributed by atoms with E-state index in [2.05, 4.69) is 15.9 Å². The summed E-state index contributed by atoms with van der Waals surface area (Å²) in [7, 11) is 0. The SMILES string of the molecule is CCN(Cc1ccc(Br)s1)C(=O)CN1CC[C@@H](O)C1. The molecule has 1 aromatic rings. The molecule has 0 radical (unpaired) electrons. The van der Waals surface area contributed by atoms with E-state index in [0.29, 0.717) is 26.2 Å². The van der Waals surface area contributed by atoms with Gasteiger partial charge in [0.05, 0.1) is 23.0 Å². The quantitative estimate of drug-likeness (QED) is 0.885. The van der Waals surface area contributed by atoms with Gasteiger partial charge in [-0.2, -0.15) is 0 Å². The fourth-order valence-corrected chi connectivity index (χ4v) is 3.75. The molecule has 0 spiro atoms. The Morgan fingerprint density at radius 2 is 2.42 bits per heavy atom. The summed E-state index contributed by atoms with van der Waals surface area (Å²) in [4.78, 5) is 17.3. The largest absolute Gasteiger partial charge is 0.392 e. The second kappa shape index (κ2) is 6.83. The van der Waals surface area contributed by atoms with Gasteiger partial charge in [-0.15, -0.1) is 11.3 Å². The summed E-state index contributed by atoms with van der Waals surface area (Å²) < 4.78 is 1.09. The van der Waals surface area contributed by atoms with Crippen LogP contribution in [0.2, 0.25) is 0 Å². The first-order valence-corrected chi connectivity index (χ1v) is 8.12. The van der Waals surface area contributed by atoms with E-state index in [0.717, 1.165) is 16.8 Å². The maximum absolute atomic E-state index is 12.2. The molecule has 2 rings (SSSR count). The average molecular weight is 347 g/mol. The van der Waals surface area contributed by atoms with Crippen LogP contribution in [0.15, 0.2) is 15.9 Å². The van der Waals surface area contributed by atoms with Gasteiger partial charge in [-0.05, 0) is 41.4 Å². The zero-order chi connectivity index (χ0) is 13.8. The van der Waals surface area contributed by atoms with Crippen LogP contribution in [0.4, 0.5) is 0 Å². The van der Waals surface area contributed by atoms with Crippen LogP contribution in [0, 0.1) is 0 Å². The number of carbonyl (C=O) groups excluding carboxylic acids is 1. The fourth-order valence-electron chi connectivity index (χ4n) is 2.25. The van der Waals surface area contributed by atoms with E-state index in [1.54, 1.807) is 11.3 Å².